The Balaban J connectivity index is 0.00000162. The topological polar surface area (TPSA) is 41.1 Å². The van der Waals surface area contributed by atoms with E-state index in [2.05, 4.69) is 20.2 Å². The third-order valence-corrected chi connectivity index (χ3v) is 3.34. The van der Waals surface area contributed by atoms with E-state index >= 15 is 0 Å². The van der Waals surface area contributed by atoms with Crippen LogP contribution < -0.4 is 10.2 Å². The maximum atomic E-state index is 5.95. The van der Waals surface area contributed by atoms with Crippen molar-refractivity contribution < 1.29 is 0 Å². The number of halogens is 2. The Hall–Kier alpha value is -0.580. The van der Waals surface area contributed by atoms with Gasteiger partial charge in [0.05, 0.1) is 0 Å². The number of hydrogen-bond acceptors (Lipinski definition) is 4. The Kier molecular flexibility index (Phi) is 6.12. The number of nitrogens with zero attached hydrogens (tertiary/aromatic N) is 3. The van der Waals surface area contributed by atoms with Crippen LogP contribution in [-0.2, 0) is 0 Å². The third-order valence-electron chi connectivity index (χ3n) is 3.14. The van der Waals surface area contributed by atoms with Gasteiger partial charge < -0.3 is 10.2 Å². The SMILES string of the molecule is Cc1cc(Cl)nc(N(C)CC2CCNCC2)n1.Cl. The highest BCUT2D eigenvalue weighted by Gasteiger charge is 2.16. The molecule has 0 saturated carbocycles. The molecule has 1 fully saturated rings. The highest BCUT2D eigenvalue weighted by atomic mass is 35.5. The van der Waals surface area contributed by atoms with E-state index in [0.717, 1.165) is 37.2 Å². The van der Waals surface area contributed by atoms with Crippen LogP contribution in [0.4, 0.5) is 5.95 Å². The van der Waals surface area contributed by atoms with Crippen LogP contribution in [0.15, 0.2) is 6.07 Å². The number of piperidine rings is 1. The smallest absolute Gasteiger partial charge is 0.226 e. The van der Waals surface area contributed by atoms with Crippen molar-refractivity contribution >= 4 is 30.0 Å². The molecule has 2 rings (SSSR count). The summed E-state index contributed by atoms with van der Waals surface area (Å²) < 4.78 is 0. The minimum Gasteiger partial charge on any atom is -0.344 e. The lowest BCUT2D eigenvalue weighted by molar-refractivity contribution is 0.376. The van der Waals surface area contributed by atoms with Gasteiger partial charge >= 0.3 is 0 Å². The molecule has 1 N–H and O–H groups in total. The van der Waals surface area contributed by atoms with Crippen molar-refractivity contribution in [1.29, 1.82) is 0 Å². The molecule has 102 valence electrons. The van der Waals surface area contributed by atoms with Crippen LogP contribution >= 0.6 is 24.0 Å². The summed E-state index contributed by atoms with van der Waals surface area (Å²) in [4.78, 5) is 10.8. The molecule has 1 aromatic heterocycles. The standard InChI is InChI=1S/C12H19ClN4.ClH/c1-9-7-11(13)16-12(15-9)17(2)8-10-3-5-14-6-4-10;/h7,10,14H,3-6,8H2,1-2H3;1H. The summed E-state index contributed by atoms with van der Waals surface area (Å²) in [6, 6.07) is 1.78. The number of rotatable bonds is 3. The molecule has 2 heterocycles. The Labute approximate surface area is 120 Å². The molecule has 0 bridgehead atoms. The zero-order valence-corrected chi connectivity index (χ0v) is 12.4. The molecule has 0 radical (unpaired) electrons. The van der Waals surface area contributed by atoms with Gasteiger partial charge in [0.25, 0.3) is 0 Å². The van der Waals surface area contributed by atoms with Crippen LogP contribution in [0.3, 0.4) is 0 Å². The van der Waals surface area contributed by atoms with E-state index in [1.807, 2.05) is 14.0 Å². The first-order valence-electron chi connectivity index (χ1n) is 6.08. The van der Waals surface area contributed by atoms with Crippen molar-refractivity contribution in [2.45, 2.75) is 19.8 Å². The number of aromatic nitrogens is 2. The van der Waals surface area contributed by atoms with Crippen LogP contribution in [0.5, 0.6) is 0 Å². The first kappa shape index (κ1) is 15.5. The van der Waals surface area contributed by atoms with E-state index in [0.29, 0.717) is 5.15 Å². The number of nitrogens with one attached hydrogen (secondary N) is 1. The molecule has 0 unspecified atom stereocenters. The van der Waals surface area contributed by atoms with E-state index in [1.165, 1.54) is 12.8 Å². The Morgan fingerprint density at radius 1 is 1.39 bits per heavy atom. The molecule has 6 heteroatoms. The van der Waals surface area contributed by atoms with Crippen LogP contribution in [-0.4, -0.2) is 36.6 Å². The van der Waals surface area contributed by atoms with Crippen molar-refractivity contribution in [1.82, 2.24) is 15.3 Å². The predicted molar refractivity (Wildman–Crippen MR) is 77.9 cm³/mol. The molecule has 1 aromatic rings. The molecular formula is C12H20Cl2N4. The fourth-order valence-corrected chi connectivity index (χ4v) is 2.45. The van der Waals surface area contributed by atoms with E-state index in [1.54, 1.807) is 6.07 Å². The first-order chi connectivity index (χ1) is 8.15. The van der Waals surface area contributed by atoms with Gasteiger partial charge in [0.2, 0.25) is 5.95 Å². The lowest BCUT2D eigenvalue weighted by Crippen LogP contribution is -2.35. The summed E-state index contributed by atoms with van der Waals surface area (Å²) in [6.07, 6.45) is 2.45. The lowest BCUT2D eigenvalue weighted by Gasteiger charge is -2.27. The van der Waals surface area contributed by atoms with Crippen molar-refractivity contribution in [2.24, 2.45) is 5.92 Å². The quantitative estimate of drug-likeness (QED) is 0.868. The van der Waals surface area contributed by atoms with Gasteiger partial charge in [0.15, 0.2) is 0 Å². The second-order valence-electron chi connectivity index (χ2n) is 4.71. The van der Waals surface area contributed by atoms with Gasteiger partial charge in [-0.05, 0) is 44.8 Å². The molecule has 0 aliphatic carbocycles. The molecule has 0 atom stereocenters. The molecule has 1 saturated heterocycles. The number of aryl methyl sites for hydroxylation is 1. The fourth-order valence-electron chi connectivity index (χ4n) is 2.22. The zero-order valence-electron chi connectivity index (χ0n) is 10.8. The normalized spacial score (nSPS) is 16.2. The minimum absolute atomic E-state index is 0. The highest BCUT2D eigenvalue weighted by molar-refractivity contribution is 6.29. The van der Waals surface area contributed by atoms with Crippen LogP contribution in [0.1, 0.15) is 18.5 Å². The van der Waals surface area contributed by atoms with Gasteiger partial charge in [0, 0.05) is 19.3 Å². The minimum atomic E-state index is 0. The van der Waals surface area contributed by atoms with Crippen molar-refractivity contribution in [3.05, 3.63) is 16.9 Å². The summed E-state index contributed by atoms with van der Waals surface area (Å²) in [6.45, 7) is 5.18. The van der Waals surface area contributed by atoms with Crippen LogP contribution in [0.25, 0.3) is 0 Å². The fraction of sp³-hybridized carbons (Fsp3) is 0.667. The Bertz CT molecular complexity index is 360. The zero-order chi connectivity index (χ0) is 12.3. The molecule has 1 aliphatic rings. The second kappa shape index (κ2) is 7.12. The van der Waals surface area contributed by atoms with Gasteiger partial charge in [-0.25, -0.2) is 9.97 Å². The van der Waals surface area contributed by atoms with Gasteiger partial charge in [-0.1, -0.05) is 11.6 Å². The van der Waals surface area contributed by atoms with Gasteiger partial charge in [-0.15, -0.1) is 12.4 Å². The summed E-state index contributed by atoms with van der Waals surface area (Å²) in [7, 11) is 2.03. The molecule has 0 spiro atoms. The van der Waals surface area contributed by atoms with E-state index in [4.69, 9.17) is 11.6 Å². The average molecular weight is 291 g/mol. The van der Waals surface area contributed by atoms with Gasteiger partial charge in [0.1, 0.15) is 5.15 Å². The van der Waals surface area contributed by atoms with E-state index < -0.39 is 0 Å². The first-order valence-corrected chi connectivity index (χ1v) is 6.46. The second-order valence-corrected chi connectivity index (χ2v) is 5.09. The lowest BCUT2D eigenvalue weighted by atomic mass is 9.98. The summed E-state index contributed by atoms with van der Waals surface area (Å²) in [5.74, 6) is 1.46. The monoisotopic (exact) mass is 290 g/mol. The van der Waals surface area contributed by atoms with E-state index in [9.17, 15) is 0 Å². The van der Waals surface area contributed by atoms with Crippen molar-refractivity contribution in [3.8, 4) is 0 Å². The molecule has 1 aliphatic heterocycles. The number of anilines is 1. The third kappa shape index (κ3) is 4.26. The van der Waals surface area contributed by atoms with Gasteiger partial charge in [-0.2, -0.15) is 0 Å². The van der Waals surface area contributed by atoms with E-state index in [-0.39, 0.29) is 12.4 Å². The Morgan fingerprint density at radius 2 is 2.06 bits per heavy atom. The molecule has 4 nitrogen and oxygen atoms in total. The average Bonchev–Trinajstić information content (AvgIpc) is 2.29. The van der Waals surface area contributed by atoms with Crippen molar-refractivity contribution in [2.75, 3.05) is 31.6 Å². The van der Waals surface area contributed by atoms with Crippen LogP contribution in [0.2, 0.25) is 5.15 Å². The summed E-state index contributed by atoms with van der Waals surface area (Å²) in [5, 5.41) is 3.89. The summed E-state index contributed by atoms with van der Waals surface area (Å²) in [5.41, 5.74) is 0.914. The maximum Gasteiger partial charge on any atom is 0.226 e. The Morgan fingerprint density at radius 3 is 2.67 bits per heavy atom. The molecule has 18 heavy (non-hydrogen) atoms. The molecular weight excluding hydrogens is 271 g/mol. The number of hydrogen-bond donors (Lipinski definition) is 1. The highest BCUT2D eigenvalue weighted by Crippen LogP contribution is 2.17. The van der Waals surface area contributed by atoms with Crippen LogP contribution in [0, 0.1) is 12.8 Å². The largest absolute Gasteiger partial charge is 0.344 e. The van der Waals surface area contributed by atoms with Crippen molar-refractivity contribution in [3.63, 3.8) is 0 Å². The summed E-state index contributed by atoms with van der Waals surface area (Å²) >= 11 is 5.95. The van der Waals surface area contributed by atoms with Gasteiger partial charge in [-0.3, -0.25) is 0 Å². The predicted octanol–water partition coefficient (Wildman–Crippen LogP) is 2.30. The maximum absolute atomic E-state index is 5.95. The molecule has 0 amide bonds. The molecule has 0 aromatic carbocycles.